The number of carbonyl (C=O) groups excluding carboxylic acids is 1. The van der Waals surface area contributed by atoms with Gasteiger partial charge in [0.1, 0.15) is 0 Å². The van der Waals surface area contributed by atoms with Gasteiger partial charge < -0.3 is 14.4 Å². The first-order valence-corrected chi connectivity index (χ1v) is 11.0. The van der Waals surface area contributed by atoms with E-state index in [1.54, 1.807) is 0 Å². The van der Waals surface area contributed by atoms with E-state index in [1.165, 1.54) is 5.56 Å². The summed E-state index contributed by atoms with van der Waals surface area (Å²) < 4.78 is 11.5. The number of fused-ring (bicyclic) bond motifs is 1. The van der Waals surface area contributed by atoms with Crippen molar-refractivity contribution in [3.63, 3.8) is 0 Å². The summed E-state index contributed by atoms with van der Waals surface area (Å²) in [5, 5.41) is 0. The normalized spacial score (nSPS) is 13.8. The zero-order valence-corrected chi connectivity index (χ0v) is 18.0. The van der Waals surface area contributed by atoms with Gasteiger partial charge in [-0.3, -0.25) is 4.79 Å². The van der Waals surface area contributed by atoms with Gasteiger partial charge in [0.2, 0.25) is 0 Å². The van der Waals surface area contributed by atoms with E-state index < -0.39 is 0 Å². The lowest BCUT2D eigenvalue weighted by Crippen LogP contribution is -2.38. The van der Waals surface area contributed by atoms with Crippen LogP contribution in [0.3, 0.4) is 0 Å². The van der Waals surface area contributed by atoms with Gasteiger partial charge in [-0.05, 0) is 49.1 Å². The number of carbonyl (C=O) groups is 1. The van der Waals surface area contributed by atoms with Gasteiger partial charge in [0.15, 0.2) is 11.5 Å². The lowest BCUT2D eigenvalue weighted by atomic mass is 10.0. The van der Waals surface area contributed by atoms with Crippen LogP contribution in [0.5, 0.6) is 11.5 Å². The number of nitrogens with zero attached hydrogens (tertiary/aromatic N) is 1. The Kier molecular flexibility index (Phi) is 6.88. The maximum atomic E-state index is 13.6. The SMILES string of the molecule is C[C@H](CCc1ccccc1)N(Cc1ccccc1)C(=O)c1ccc2c(c1)OCCCO2. The average Bonchev–Trinajstić information content (AvgIpc) is 3.07. The third-order valence-electron chi connectivity index (χ3n) is 5.68. The van der Waals surface area contributed by atoms with Crippen molar-refractivity contribution < 1.29 is 14.3 Å². The quantitative estimate of drug-likeness (QED) is 0.511. The molecule has 0 N–H and O–H groups in total. The van der Waals surface area contributed by atoms with E-state index in [-0.39, 0.29) is 11.9 Å². The lowest BCUT2D eigenvalue weighted by Gasteiger charge is -2.30. The van der Waals surface area contributed by atoms with Crippen LogP contribution in [0.4, 0.5) is 0 Å². The van der Waals surface area contributed by atoms with E-state index in [0.29, 0.717) is 36.8 Å². The summed E-state index contributed by atoms with van der Waals surface area (Å²) in [5.74, 6) is 1.38. The van der Waals surface area contributed by atoms with Crippen molar-refractivity contribution in [3.8, 4) is 11.5 Å². The molecule has 31 heavy (non-hydrogen) atoms. The zero-order chi connectivity index (χ0) is 21.5. The lowest BCUT2D eigenvalue weighted by molar-refractivity contribution is 0.0667. The van der Waals surface area contributed by atoms with Gasteiger partial charge in [0.25, 0.3) is 5.91 Å². The Morgan fingerprint density at radius 1 is 0.871 bits per heavy atom. The molecule has 4 heteroatoms. The Hall–Kier alpha value is -3.27. The second-order valence-electron chi connectivity index (χ2n) is 8.00. The maximum Gasteiger partial charge on any atom is 0.254 e. The number of rotatable bonds is 7. The van der Waals surface area contributed by atoms with Gasteiger partial charge >= 0.3 is 0 Å². The highest BCUT2D eigenvalue weighted by molar-refractivity contribution is 5.95. The largest absolute Gasteiger partial charge is 0.490 e. The zero-order valence-electron chi connectivity index (χ0n) is 18.0. The van der Waals surface area contributed by atoms with E-state index >= 15 is 0 Å². The number of hydrogen-bond acceptors (Lipinski definition) is 3. The van der Waals surface area contributed by atoms with Gasteiger partial charge in [-0.25, -0.2) is 0 Å². The van der Waals surface area contributed by atoms with Crippen LogP contribution in [-0.2, 0) is 13.0 Å². The van der Waals surface area contributed by atoms with Crippen molar-refractivity contribution in [1.82, 2.24) is 4.90 Å². The smallest absolute Gasteiger partial charge is 0.254 e. The minimum absolute atomic E-state index is 0.0139. The van der Waals surface area contributed by atoms with Crippen LogP contribution in [0.1, 0.15) is 41.3 Å². The van der Waals surface area contributed by atoms with Crippen LogP contribution in [-0.4, -0.2) is 30.1 Å². The summed E-state index contributed by atoms with van der Waals surface area (Å²) in [5.41, 5.74) is 3.04. The average molecular weight is 416 g/mol. The van der Waals surface area contributed by atoms with Crippen LogP contribution >= 0.6 is 0 Å². The summed E-state index contributed by atoms with van der Waals surface area (Å²) in [6, 6.07) is 26.2. The van der Waals surface area contributed by atoms with E-state index in [0.717, 1.165) is 24.8 Å². The highest BCUT2D eigenvalue weighted by Crippen LogP contribution is 2.31. The van der Waals surface area contributed by atoms with Gasteiger partial charge in [0.05, 0.1) is 13.2 Å². The van der Waals surface area contributed by atoms with Crippen LogP contribution < -0.4 is 9.47 Å². The van der Waals surface area contributed by atoms with E-state index in [4.69, 9.17) is 9.47 Å². The molecule has 0 spiro atoms. The summed E-state index contributed by atoms with van der Waals surface area (Å²) in [7, 11) is 0. The highest BCUT2D eigenvalue weighted by Gasteiger charge is 2.23. The number of ether oxygens (including phenoxy) is 2. The van der Waals surface area contributed by atoms with Gasteiger partial charge in [-0.1, -0.05) is 60.7 Å². The Bertz CT molecular complexity index is 988. The summed E-state index contributed by atoms with van der Waals surface area (Å²) in [6.07, 6.45) is 2.67. The van der Waals surface area contributed by atoms with E-state index in [9.17, 15) is 4.79 Å². The fraction of sp³-hybridized carbons (Fsp3) is 0.296. The molecule has 4 rings (SSSR count). The second-order valence-corrected chi connectivity index (χ2v) is 8.00. The number of amides is 1. The third-order valence-corrected chi connectivity index (χ3v) is 5.68. The van der Waals surface area contributed by atoms with Gasteiger partial charge in [0, 0.05) is 24.6 Å². The number of benzene rings is 3. The minimum Gasteiger partial charge on any atom is -0.490 e. The molecular formula is C27H29NO3. The van der Waals surface area contributed by atoms with Crippen molar-refractivity contribution >= 4 is 5.91 Å². The predicted octanol–water partition coefficient (Wildman–Crippen LogP) is 5.51. The van der Waals surface area contributed by atoms with Crippen molar-refractivity contribution in [2.45, 2.75) is 38.8 Å². The van der Waals surface area contributed by atoms with Crippen molar-refractivity contribution in [2.24, 2.45) is 0 Å². The number of hydrogen-bond donors (Lipinski definition) is 0. The molecule has 0 bridgehead atoms. The second kappa shape index (κ2) is 10.2. The molecule has 0 radical (unpaired) electrons. The molecular weight excluding hydrogens is 386 g/mol. The summed E-state index contributed by atoms with van der Waals surface area (Å²) >= 11 is 0. The fourth-order valence-electron chi connectivity index (χ4n) is 3.85. The Balaban J connectivity index is 1.55. The van der Waals surface area contributed by atoms with E-state index in [1.807, 2.05) is 47.4 Å². The molecule has 0 aliphatic carbocycles. The summed E-state index contributed by atoms with van der Waals surface area (Å²) in [4.78, 5) is 15.6. The van der Waals surface area contributed by atoms with Crippen molar-refractivity contribution in [3.05, 3.63) is 95.6 Å². The van der Waals surface area contributed by atoms with Crippen LogP contribution in [0, 0.1) is 0 Å². The predicted molar refractivity (Wildman–Crippen MR) is 123 cm³/mol. The molecule has 0 unspecified atom stereocenters. The first-order valence-electron chi connectivity index (χ1n) is 11.0. The van der Waals surface area contributed by atoms with Gasteiger partial charge in [-0.15, -0.1) is 0 Å². The Labute approximate surface area is 184 Å². The molecule has 0 fully saturated rings. The molecule has 4 nitrogen and oxygen atoms in total. The van der Waals surface area contributed by atoms with E-state index in [2.05, 4.69) is 43.3 Å². The third kappa shape index (κ3) is 5.46. The molecule has 1 amide bonds. The van der Waals surface area contributed by atoms with Crippen LogP contribution in [0.2, 0.25) is 0 Å². The Morgan fingerprint density at radius 3 is 2.23 bits per heavy atom. The van der Waals surface area contributed by atoms with Crippen molar-refractivity contribution in [1.29, 1.82) is 0 Å². The fourth-order valence-corrected chi connectivity index (χ4v) is 3.85. The topological polar surface area (TPSA) is 38.8 Å². The first kappa shape index (κ1) is 21.0. The maximum absolute atomic E-state index is 13.6. The molecule has 1 aliphatic heterocycles. The first-order chi connectivity index (χ1) is 15.2. The summed E-state index contributed by atoms with van der Waals surface area (Å²) in [6.45, 7) is 3.94. The highest BCUT2D eigenvalue weighted by atomic mass is 16.5. The van der Waals surface area contributed by atoms with Crippen molar-refractivity contribution in [2.75, 3.05) is 13.2 Å². The molecule has 0 aromatic heterocycles. The van der Waals surface area contributed by atoms with Gasteiger partial charge in [-0.2, -0.15) is 0 Å². The minimum atomic E-state index is 0.0139. The number of aryl methyl sites for hydroxylation is 1. The molecule has 1 heterocycles. The molecule has 0 saturated carbocycles. The standard InChI is InChI=1S/C27H29NO3/c1-21(13-14-22-9-4-2-5-10-22)28(20-23-11-6-3-7-12-23)27(29)24-15-16-25-26(19-24)31-18-8-17-30-25/h2-7,9-12,15-16,19,21H,8,13-14,17-18,20H2,1H3/t21-/m1/s1. The molecule has 1 atom stereocenters. The monoisotopic (exact) mass is 415 g/mol. The molecule has 1 aliphatic rings. The Morgan fingerprint density at radius 2 is 1.52 bits per heavy atom. The molecule has 3 aromatic rings. The molecule has 0 saturated heterocycles. The van der Waals surface area contributed by atoms with Crippen LogP contribution in [0.25, 0.3) is 0 Å². The van der Waals surface area contributed by atoms with Crippen LogP contribution in [0.15, 0.2) is 78.9 Å². The molecule has 160 valence electrons. The molecule has 3 aromatic carbocycles.